The van der Waals surface area contributed by atoms with Gasteiger partial charge in [-0.3, -0.25) is 4.90 Å². The predicted octanol–water partition coefficient (Wildman–Crippen LogP) is 6.88. The van der Waals surface area contributed by atoms with Crippen molar-refractivity contribution < 1.29 is 33.0 Å². The lowest BCUT2D eigenvalue weighted by atomic mass is 10.0. The van der Waals surface area contributed by atoms with Gasteiger partial charge in [-0.1, -0.05) is 86.5 Å². The molecule has 0 heterocycles. The zero-order valence-corrected chi connectivity index (χ0v) is 20.0. The molecule has 3 aromatic rings. The number of benzene rings is 3. The number of aliphatic carboxylic acids is 1. The minimum atomic E-state index is -5.08. The summed E-state index contributed by atoms with van der Waals surface area (Å²) in [5.74, 6) is -3.65. The van der Waals surface area contributed by atoms with Crippen LogP contribution >= 0.6 is 0 Å². The average Bonchev–Trinajstić information content (AvgIpc) is 2.85. The van der Waals surface area contributed by atoms with Crippen molar-refractivity contribution in [2.45, 2.75) is 45.5 Å². The first-order valence-electron chi connectivity index (χ1n) is 11.6. The smallest absolute Gasteiger partial charge is 0.478 e. The van der Waals surface area contributed by atoms with Crippen LogP contribution < -0.4 is 0 Å². The summed E-state index contributed by atoms with van der Waals surface area (Å²) in [4.78, 5) is 22.4. The first kappa shape index (κ1) is 28.6. The highest BCUT2D eigenvalue weighted by molar-refractivity contribution is 5.88. The highest BCUT2D eigenvalue weighted by atomic mass is 19.4. The summed E-state index contributed by atoms with van der Waals surface area (Å²) in [5.41, 5.74) is 5.09. The van der Waals surface area contributed by atoms with Crippen molar-refractivity contribution in [3.05, 3.63) is 95.6 Å². The molecular formula is C28H30F3NO4. The molecule has 0 bridgehead atoms. The van der Waals surface area contributed by atoms with Gasteiger partial charge in [-0.15, -0.1) is 0 Å². The largest absolute Gasteiger partial charge is 0.490 e. The van der Waals surface area contributed by atoms with Crippen molar-refractivity contribution >= 4 is 11.9 Å². The molecule has 0 saturated carbocycles. The number of carbonyl (C=O) groups is 2. The Bertz CT molecular complexity index is 1080. The molecule has 192 valence electrons. The quantitative estimate of drug-likeness (QED) is 0.296. The molecule has 0 fully saturated rings. The van der Waals surface area contributed by atoms with Gasteiger partial charge in [0, 0.05) is 13.1 Å². The third-order valence-corrected chi connectivity index (χ3v) is 5.39. The maximum Gasteiger partial charge on any atom is 0.490 e. The summed E-state index contributed by atoms with van der Waals surface area (Å²) >= 11 is 0. The van der Waals surface area contributed by atoms with Gasteiger partial charge in [-0.25, -0.2) is 9.59 Å². The number of alkyl halides is 3. The summed E-state index contributed by atoms with van der Waals surface area (Å²) in [5, 5.41) is 16.2. The number of nitrogens with zero attached hydrogens (tertiary/aromatic N) is 1. The molecule has 3 rings (SSSR count). The molecule has 0 radical (unpaired) electrons. The lowest BCUT2D eigenvalue weighted by Gasteiger charge is -2.23. The Balaban J connectivity index is 0.000000572. The second-order valence-corrected chi connectivity index (χ2v) is 8.29. The Morgan fingerprint density at radius 3 is 1.67 bits per heavy atom. The predicted molar refractivity (Wildman–Crippen MR) is 133 cm³/mol. The average molecular weight is 502 g/mol. The molecule has 0 aliphatic heterocycles. The molecule has 0 unspecified atom stereocenters. The molecule has 5 nitrogen and oxygen atoms in total. The van der Waals surface area contributed by atoms with Crippen LogP contribution in [0, 0.1) is 0 Å². The molecule has 0 spiro atoms. The maximum absolute atomic E-state index is 11.0. The summed E-state index contributed by atoms with van der Waals surface area (Å²) in [7, 11) is 0. The fourth-order valence-electron chi connectivity index (χ4n) is 3.51. The van der Waals surface area contributed by atoms with E-state index in [1.165, 1.54) is 30.4 Å². The zero-order valence-electron chi connectivity index (χ0n) is 20.0. The lowest BCUT2D eigenvalue weighted by molar-refractivity contribution is -0.192. The number of halogens is 3. The Morgan fingerprint density at radius 1 is 0.750 bits per heavy atom. The van der Waals surface area contributed by atoms with Crippen molar-refractivity contribution in [1.82, 2.24) is 4.90 Å². The van der Waals surface area contributed by atoms with Gasteiger partial charge in [0.1, 0.15) is 0 Å². The molecule has 8 heteroatoms. The maximum atomic E-state index is 11.0. The minimum absolute atomic E-state index is 0.314. The van der Waals surface area contributed by atoms with E-state index in [1.807, 2.05) is 12.1 Å². The molecule has 2 N–H and O–H groups in total. The van der Waals surface area contributed by atoms with Crippen molar-refractivity contribution in [1.29, 1.82) is 0 Å². The van der Waals surface area contributed by atoms with Crippen LogP contribution in [0.1, 0.15) is 47.7 Å². The zero-order chi connectivity index (χ0) is 26.6. The van der Waals surface area contributed by atoms with Gasteiger partial charge in [0.25, 0.3) is 0 Å². The SMILES string of the molecule is CCCCCN(Cc1ccccc1)Cc1ccc(-c2ccc(C(=O)O)cc2)cc1.O=C(O)C(F)(F)F. The Morgan fingerprint density at radius 2 is 1.22 bits per heavy atom. The highest BCUT2D eigenvalue weighted by Crippen LogP contribution is 2.21. The fourth-order valence-corrected chi connectivity index (χ4v) is 3.51. The van der Waals surface area contributed by atoms with Crippen molar-refractivity contribution in [3.63, 3.8) is 0 Å². The fraction of sp³-hybridized carbons (Fsp3) is 0.286. The summed E-state index contributed by atoms with van der Waals surface area (Å²) in [6.45, 7) is 5.23. The van der Waals surface area contributed by atoms with E-state index in [-0.39, 0.29) is 0 Å². The second-order valence-electron chi connectivity index (χ2n) is 8.29. The normalized spacial score (nSPS) is 11.0. The molecule has 3 aromatic carbocycles. The molecule has 0 aliphatic rings. The second kappa shape index (κ2) is 14.0. The number of carboxylic acids is 2. The van der Waals surface area contributed by atoms with Gasteiger partial charge in [-0.05, 0) is 47.4 Å². The number of hydrogen-bond acceptors (Lipinski definition) is 3. The molecule has 0 aromatic heterocycles. The standard InChI is InChI=1S/C26H29NO2.C2HF3O2/c1-2-3-7-18-27(19-21-8-5-4-6-9-21)20-22-10-12-23(13-11-22)24-14-16-25(17-15-24)26(28)29;3-2(4,5)1(6)7/h4-6,8-17H,2-3,7,18-20H2,1H3,(H,28,29);(H,6,7). The third kappa shape index (κ3) is 9.92. The Hall–Kier alpha value is -3.65. The number of rotatable bonds is 10. The van der Waals surface area contributed by atoms with E-state index >= 15 is 0 Å². The van der Waals surface area contributed by atoms with Crippen LogP contribution in [0.25, 0.3) is 11.1 Å². The van der Waals surface area contributed by atoms with Crippen molar-refractivity contribution in [3.8, 4) is 11.1 Å². The van der Waals surface area contributed by atoms with Crippen molar-refractivity contribution in [2.75, 3.05) is 6.54 Å². The Kier molecular flexibility index (Phi) is 11.1. The van der Waals surface area contributed by atoms with E-state index < -0.39 is 18.1 Å². The van der Waals surface area contributed by atoms with Crippen LogP contribution in [0.3, 0.4) is 0 Å². The van der Waals surface area contributed by atoms with Crippen LogP contribution in [0.4, 0.5) is 13.2 Å². The van der Waals surface area contributed by atoms with E-state index in [9.17, 15) is 18.0 Å². The van der Waals surface area contributed by atoms with Crippen LogP contribution in [-0.4, -0.2) is 39.8 Å². The van der Waals surface area contributed by atoms with E-state index in [0.717, 1.165) is 30.8 Å². The number of carboxylic acid groups (broad SMARTS) is 2. The van der Waals surface area contributed by atoms with Gasteiger partial charge in [0.05, 0.1) is 5.56 Å². The van der Waals surface area contributed by atoms with Crippen LogP contribution in [0.15, 0.2) is 78.9 Å². The first-order chi connectivity index (χ1) is 17.1. The van der Waals surface area contributed by atoms with E-state index in [1.54, 1.807) is 12.1 Å². The molecular weight excluding hydrogens is 471 g/mol. The summed E-state index contributed by atoms with van der Waals surface area (Å²) < 4.78 is 31.7. The van der Waals surface area contributed by atoms with Gasteiger partial charge in [0.2, 0.25) is 0 Å². The van der Waals surface area contributed by atoms with Gasteiger partial charge < -0.3 is 10.2 Å². The first-order valence-corrected chi connectivity index (χ1v) is 11.6. The van der Waals surface area contributed by atoms with Gasteiger partial charge in [-0.2, -0.15) is 13.2 Å². The monoisotopic (exact) mass is 501 g/mol. The summed E-state index contributed by atoms with van der Waals surface area (Å²) in [6.07, 6.45) is -1.37. The molecule has 0 saturated heterocycles. The molecule has 0 amide bonds. The van der Waals surface area contributed by atoms with E-state index in [4.69, 9.17) is 15.0 Å². The van der Waals surface area contributed by atoms with E-state index in [0.29, 0.717) is 5.56 Å². The van der Waals surface area contributed by atoms with Crippen molar-refractivity contribution in [2.24, 2.45) is 0 Å². The van der Waals surface area contributed by atoms with Gasteiger partial charge >= 0.3 is 18.1 Å². The number of unbranched alkanes of at least 4 members (excludes halogenated alkanes) is 2. The Labute approximate surface area is 208 Å². The van der Waals surface area contributed by atoms with Crippen LogP contribution in [0.2, 0.25) is 0 Å². The highest BCUT2D eigenvalue weighted by Gasteiger charge is 2.38. The van der Waals surface area contributed by atoms with Crippen LogP contribution in [0.5, 0.6) is 0 Å². The lowest BCUT2D eigenvalue weighted by Crippen LogP contribution is -2.24. The third-order valence-electron chi connectivity index (χ3n) is 5.39. The topological polar surface area (TPSA) is 77.8 Å². The molecule has 0 atom stereocenters. The summed E-state index contributed by atoms with van der Waals surface area (Å²) in [6, 6.07) is 26.3. The number of aromatic carboxylic acids is 1. The molecule has 0 aliphatic carbocycles. The number of hydrogen-bond donors (Lipinski definition) is 2. The van der Waals surface area contributed by atoms with Gasteiger partial charge in [0.15, 0.2) is 0 Å². The van der Waals surface area contributed by atoms with Crippen LogP contribution in [-0.2, 0) is 17.9 Å². The minimum Gasteiger partial charge on any atom is -0.478 e. The van der Waals surface area contributed by atoms with E-state index in [2.05, 4.69) is 66.4 Å². The molecule has 36 heavy (non-hydrogen) atoms.